The smallest absolute Gasteiger partial charge is 0.161 e. The van der Waals surface area contributed by atoms with E-state index < -0.39 is 5.92 Å². The lowest BCUT2D eigenvalue weighted by atomic mass is 9.89. The zero-order chi connectivity index (χ0) is 14.5. The number of rotatable bonds is 5. The molecule has 0 saturated carbocycles. The number of ketones is 1. The van der Waals surface area contributed by atoms with Crippen LogP contribution in [0.4, 0.5) is 0 Å². The molecule has 0 bridgehead atoms. The molecule has 0 spiro atoms. The molecule has 1 aromatic carbocycles. The molecule has 2 atom stereocenters. The van der Waals surface area contributed by atoms with Crippen molar-refractivity contribution < 1.29 is 14.3 Å². The summed E-state index contributed by atoms with van der Waals surface area (Å²) in [6, 6.07) is 7.40. The summed E-state index contributed by atoms with van der Waals surface area (Å²) < 4.78 is 10.9. The summed E-state index contributed by atoms with van der Waals surface area (Å²) in [5.41, 5.74) is 0.685. The Morgan fingerprint density at radius 1 is 1.35 bits per heavy atom. The number of ether oxygens (including phenoxy) is 2. The number of carbonyl (C=O) groups is 1. The van der Waals surface area contributed by atoms with Crippen LogP contribution in [0.1, 0.15) is 38.2 Å². The fraction of sp³-hybridized carbons (Fsp3) is 0.500. The van der Waals surface area contributed by atoms with Crippen LogP contribution in [-0.2, 0) is 4.79 Å². The Labute approximate surface area is 119 Å². The van der Waals surface area contributed by atoms with Crippen LogP contribution in [0.5, 0.6) is 11.5 Å². The molecule has 1 aliphatic rings. The Morgan fingerprint density at radius 3 is 2.70 bits per heavy atom. The number of carbonyl (C=O) groups excluding carboxylic acids is 1. The molecule has 0 amide bonds. The average molecular weight is 273 g/mol. The molecule has 2 unspecified atom stereocenters. The van der Waals surface area contributed by atoms with Crippen LogP contribution in [0.3, 0.4) is 0 Å². The number of fused-ring (bicyclic) bond motifs is 1. The van der Waals surface area contributed by atoms with Gasteiger partial charge in [0.05, 0.1) is 6.07 Å². The number of hydrogen-bond donors (Lipinski definition) is 0. The van der Waals surface area contributed by atoms with Crippen molar-refractivity contribution in [3.63, 3.8) is 0 Å². The highest BCUT2D eigenvalue weighted by atomic mass is 16.6. The van der Waals surface area contributed by atoms with E-state index in [-0.39, 0.29) is 5.78 Å². The van der Waals surface area contributed by atoms with Gasteiger partial charge < -0.3 is 9.47 Å². The first kappa shape index (κ1) is 14.4. The standard InChI is InChI=1S/C16H19NO3/c1-3-11(2)8-14(18)13(10-17)12-4-5-15-16(9-12)20-7-6-19-15/h4-5,9,11,13H,3,6-8H2,1-2H3. The number of benzene rings is 1. The minimum atomic E-state index is -0.722. The minimum Gasteiger partial charge on any atom is -0.486 e. The first-order valence-electron chi connectivity index (χ1n) is 6.97. The van der Waals surface area contributed by atoms with Gasteiger partial charge in [0.15, 0.2) is 17.3 Å². The molecule has 0 aromatic heterocycles. The fourth-order valence-corrected chi connectivity index (χ4v) is 2.18. The molecule has 1 aliphatic heterocycles. The summed E-state index contributed by atoms with van der Waals surface area (Å²) in [6.45, 7) is 5.09. The molecule has 0 aliphatic carbocycles. The lowest BCUT2D eigenvalue weighted by Crippen LogP contribution is -2.17. The maximum atomic E-state index is 12.2. The molecular weight excluding hydrogens is 254 g/mol. The Balaban J connectivity index is 2.19. The molecule has 0 radical (unpaired) electrons. The zero-order valence-corrected chi connectivity index (χ0v) is 11.9. The number of Topliss-reactive ketones (excluding diaryl/α,β-unsaturated/α-hetero) is 1. The van der Waals surface area contributed by atoms with Crippen LogP contribution >= 0.6 is 0 Å². The van der Waals surface area contributed by atoms with Gasteiger partial charge in [-0.25, -0.2) is 0 Å². The Morgan fingerprint density at radius 2 is 2.05 bits per heavy atom. The quantitative estimate of drug-likeness (QED) is 0.827. The molecule has 2 rings (SSSR count). The van der Waals surface area contributed by atoms with Gasteiger partial charge in [-0.3, -0.25) is 4.79 Å². The second-order valence-corrected chi connectivity index (χ2v) is 5.15. The van der Waals surface area contributed by atoms with Crippen LogP contribution in [-0.4, -0.2) is 19.0 Å². The molecule has 1 heterocycles. The monoisotopic (exact) mass is 273 g/mol. The van der Waals surface area contributed by atoms with Gasteiger partial charge in [-0.05, 0) is 23.6 Å². The third kappa shape index (κ3) is 3.11. The maximum Gasteiger partial charge on any atom is 0.161 e. The van der Waals surface area contributed by atoms with Crippen LogP contribution in [0.2, 0.25) is 0 Å². The maximum absolute atomic E-state index is 12.2. The SMILES string of the molecule is CCC(C)CC(=O)C(C#N)c1ccc2c(c1)OCCO2. The summed E-state index contributed by atoms with van der Waals surface area (Å²) in [6.07, 6.45) is 1.37. The van der Waals surface area contributed by atoms with Gasteiger partial charge in [-0.1, -0.05) is 26.3 Å². The molecule has 0 fully saturated rings. The lowest BCUT2D eigenvalue weighted by molar-refractivity contribution is -0.120. The molecule has 0 N–H and O–H groups in total. The van der Waals surface area contributed by atoms with Gasteiger partial charge in [0.2, 0.25) is 0 Å². The van der Waals surface area contributed by atoms with E-state index in [1.165, 1.54) is 0 Å². The van der Waals surface area contributed by atoms with E-state index in [0.29, 0.717) is 42.6 Å². The van der Waals surface area contributed by atoms with Crippen molar-refractivity contribution in [2.75, 3.05) is 13.2 Å². The van der Waals surface area contributed by atoms with E-state index in [1.54, 1.807) is 18.2 Å². The summed E-state index contributed by atoms with van der Waals surface area (Å²) in [5.74, 6) is 0.838. The molecule has 106 valence electrons. The molecule has 20 heavy (non-hydrogen) atoms. The second kappa shape index (κ2) is 6.42. The van der Waals surface area contributed by atoms with E-state index in [4.69, 9.17) is 9.47 Å². The minimum absolute atomic E-state index is 0.0291. The lowest BCUT2D eigenvalue weighted by Gasteiger charge is -2.20. The summed E-state index contributed by atoms with van der Waals surface area (Å²) in [7, 11) is 0. The molecule has 1 aromatic rings. The van der Waals surface area contributed by atoms with Gasteiger partial charge in [0.25, 0.3) is 0 Å². The van der Waals surface area contributed by atoms with Crippen LogP contribution < -0.4 is 9.47 Å². The second-order valence-electron chi connectivity index (χ2n) is 5.15. The largest absolute Gasteiger partial charge is 0.486 e. The van der Waals surface area contributed by atoms with Gasteiger partial charge in [0, 0.05) is 6.42 Å². The van der Waals surface area contributed by atoms with Crippen molar-refractivity contribution in [3.8, 4) is 17.6 Å². The zero-order valence-electron chi connectivity index (χ0n) is 11.9. The van der Waals surface area contributed by atoms with Gasteiger partial charge in [0.1, 0.15) is 19.1 Å². The predicted molar refractivity (Wildman–Crippen MR) is 74.9 cm³/mol. The molecular formula is C16H19NO3. The van der Waals surface area contributed by atoms with E-state index in [9.17, 15) is 10.1 Å². The van der Waals surface area contributed by atoms with E-state index in [0.717, 1.165) is 6.42 Å². The van der Waals surface area contributed by atoms with Crippen molar-refractivity contribution in [2.24, 2.45) is 5.92 Å². The molecule has 4 heteroatoms. The number of nitriles is 1. The van der Waals surface area contributed by atoms with Crippen molar-refractivity contribution in [1.29, 1.82) is 5.26 Å². The van der Waals surface area contributed by atoms with Crippen LogP contribution in [0.15, 0.2) is 18.2 Å². The fourth-order valence-electron chi connectivity index (χ4n) is 2.18. The highest BCUT2D eigenvalue weighted by Gasteiger charge is 2.23. The van der Waals surface area contributed by atoms with Crippen molar-refractivity contribution in [1.82, 2.24) is 0 Å². The van der Waals surface area contributed by atoms with E-state index in [2.05, 4.69) is 6.07 Å². The number of nitrogens with zero attached hydrogens (tertiary/aromatic N) is 1. The summed E-state index contributed by atoms with van der Waals surface area (Å²) in [4.78, 5) is 12.2. The highest BCUT2D eigenvalue weighted by Crippen LogP contribution is 2.33. The van der Waals surface area contributed by atoms with Gasteiger partial charge in [-0.15, -0.1) is 0 Å². The third-order valence-electron chi connectivity index (χ3n) is 3.60. The Kier molecular flexibility index (Phi) is 4.62. The molecule has 4 nitrogen and oxygen atoms in total. The van der Waals surface area contributed by atoms with Crippen molar-refractivity contribution in [2.45, 2.75) is 32.6 Å². The Hall–Kier alpha value is -2.02. The van der Waals surface area contributed by atoms with Gasteiger partial charge in [-0.2, -0.15) is 5.26 Å². The van der Waals surface area contributed by atoms with Crippen LogP contribution in [0.25, 0.3) is 0 Å². The van der Waals surface area contributed by atoms with E-state index in [1.807, 2.05) is 13.8 Å². The summed E-state index contributed by atoms with van der Waals surface area (Å²) in [5, 5.41) is 9.30. The Bertz CT molecular complexity index is 533. The molecule has 0 saturated heterocycles. The first-order valence-corrected chi connectivity index (χ1v) is 6.97. The topological polar surface area (TPSA) is 59.3 Å². The highest BCUT2D eigenvalue weighted by molar-refractivity contribution is 5.88. The van der Waals surface area contributed by atoms with E-state index >= 15 is 0 Å². The normalized spacial score (nSPS) is 16.1. The van der Waals surface area contributed by atoms with Crippen LogP contribution in [0, 0.1) is 17.2 Å². The predicted octanol–water partition coefficient (Wildman–Crippen LogP) is 3.07. The van der Waals surface area contributed by atoms with Gasteiger partial charge >= 0.3 is 0 Å². The first-order chi connectivity index (χ1) is 9.65. The average Bonchev–Trinajstić information content (AvgIpc) is 2.47. The summed E-state index contributed by atoms with van der Waals surface area (Å²) >= 11 is 0. The van der Waals surface area contributed by atoms with Crippen molar-refractivity contribution in [3.05, 3.63) is 23.8 Å². The van der Waals surface area contributed by atoms with Crippen molar-refractivity contribution >= 4 is 5.78 Å². The third-order valence-corrected chi connectivity index (χ3v) is 3.60. The number of hydrogen-bond acceptors (Lipinski definition) is 4.